The molecule has 0 atom stereocenters. The van der Waals surface area contributed by atoms with Crippen LogP contribution in [-0.2, 0) is 0 Å². The van der Waals surface area contributed by atoms with Crippen molar-refractivity contribution in [2.75, 3.05) is 27.3 Å². The van der Waals surface area contributed by atoms with Crippen molar-refractivity contribution in [3.63, 3.8) is 0 Å². The number of nitrogens with zero attached hydrogens (tertiary/aromatic N) is 2. The van der Waals surface area contributed by atoms with E-state index < -0.39 is 0 Å². The van der Waals surface area contributed by atoms with Gasteiger partial charge in [-0.15, -0.1) is 0 Å². The Morgan fingerprint density at radius 1 is 1.30 bits per heavy atom. The van der Waals surface area contributed by atoms with Crippen molar-refractivity contribution >= 4 is 17.5 Å². The third-order valence-electron chi connectivity index (χ3n) is 3.24. The second kappa shape index (κ2) is 8.39. The van der Waals surface area contributed by atoms with E-state index in [-0.39, 0.29) is 5.91 Å². The highest BCUT2D eigenvalue weighted by Crippen LogP contribution is 2.17. The minimum atomic E-state index is -0.0755. The predicted molar refractivity (Wildman–Crippen MR) is 89.3 cm³/mol. The molecule has 0 bridgehead atoms. The van der Waals surface area contributed by atoms with Crippen LogP contribution in [0.25, 0.3) is 0 Å². The molecule has 1 aromatic heterocycles. The predicted octanol–water partition coefficient (Wildman–Crippen LogP) is 3.28. The number of hydrogen-bond donors (Lipinski definition) is 0. The lowest BCUT2D eigenvalue weighted by Crippen LogP contribution is -2.28. The molecule has 23 heavy (non-hydrogen) atoms. The molecule has 0 unspecified atom stereocenters. The summed E-state index contributed by atoms with van der Waals surface area (Å²) >= 11 is 5.89. The maximum Gasteiger partial charge on any atom is 0.253 e. The maximum absolute atomic E-state index is 12.3. The Balaban J connectivity index is 1.79. The Morgan fingerprint density at radius 2 is 2.13 bits per heavy atom. The van der Waals surface area contributed by atoms with Crippen LogP contribution in [0.1, 0.15) is 16.8 Å². The van der Waals surface area contributed by atoms with Crippen LogP contribution in [0.3, 0.4) is 0 Å². The molecule has 5 nitrogen and oxygen atoms in total. The number of rotatable bonds is 7. The topological polar surface area (TPSA) is 51.7 Å². The van der Waals surface area contributed by atoms with Gasteiger partial charge in [0.2, 0.25) is 5.88 Å². The van der Waals surface area contributed by atoms with E-state index in [0.29, 0.717) is 29.6 Å². The van der Waals surface area contributed by atoms with Gasteiger partial charge in [-0.2, -0.15) is 0 Å². The Morgan fingerprint density at radius 3 is 2.87 bits per heavy atom. The lowest BCUT2D eigenvalue weighted by Gasteiger charge is -2.17. The van der Waals surface area contributed by atoms with Crippen molar-refractivity contribution in [1.82, 2.24) is 9.88 Å². The van der Waals surface area contributed by atoms with Gasteiger partial charge in [-0.1, -0.05) is 17.7 Å². The highest BCUT2D eigenvalue weighted by Gasteiger charge is 2.12. The first-order chi connectivity index (χ1) is 11.1. The van der Waals surface area contributed by atoms with Crippen LogP contribution in [0.4, 0.5) is 0 Å². The van der Waals surface area contributed by atoms with E-state index in [1.54, 1.807) is 42.4 Å². The highest BCUT2D eigenvalue weighted by molar-refractivity contribution is 6.30. The smallest absolute Gasteiger partial charge is 0.253 e. The molecule has 1 amide bonds. The number of benzene rings is 1. The molecule has 1 aromatic carbocycles. The SMILES string of the molecule is COc1cc(C(=O)N(C)CCCOc2cccc(Cl)c2)ccn1. The van der Waals surface area contributed by atoms with Crippen molar-refractivity contribution < 1.29 is 14.3 Å². The zero-order valence-electron chi connectivity index (χ0n) is 13.2. The van der Waals surface area contributed by atoms with Crippen molar-refractivity contribution in [2.24, 2.45) is 0 Å². The van der Waals surface area contributed by atoms with Crippen molar-refractivity contribution in [3.05, 3.63) is 53.2 Å². The van der Waals surface area contributed by atoms with E-state index in [0.717, 1.165) is 12.2 Å². The molecular formula is C17H19ClN2O3. The minimum absolute atomic E-state index is 0.0755. The molecule has 2 rings (SSSR count). The van der Waals surface area contributed by atoms with Crippen LogP contribution in [0.5, 0.6) is 11.6 Å². The molecule has 0 saturated carbocycles. The molecular weight excluding hydrogens is 316 g/mol. The van der Waals surface area contributed by atoms with Gasteiger partial charge in [-0.3, -0.25) is 4.79 Å². The second-order valence-electron chi connectivity index (χ2n) is 4.97. The number of aromatic nitrogens is 1. The summed E-state index contributed by atoms with van der Waals surface area (Å²) in [6.07, 6.45) is 2.28. The molecule has 1 heterocycles. The summed E-state index contributed by atoms with van der Waals surface area (Å²) in [4.78, 5) is 17.9. The first kappa shape index (κ1) is 17.1. The van der Waals surface area contributed by atoms with E-state index in [9.17, 15) is 4.79 Å². The Hall–Kier alpha value is -2.27. The van der Waals surface area contributed by atoms with Gasteiger partial charge in [0.1, 0.15) is 5.75 Å². The number of halogens is 1. The number of methoxy groups -OCH3 is 1. The third kappa shape index (κ3) is 5.14. The lowest BCUT2D eigenvalue weighted by molar-refractivity contribution is 0.0787. The standard InChI is InChI=1S/C17H19ClN2O3/c1-20(17(21)13-7-8-19-16(11-13)22-2)9-4-10-23-15-6-3-5-14(18)12-15/h3,5-8,11-12H,4,9-10H2,1-2H3. The fourth-order valence-electron chi connectivity index (χ4n) is 2.02. The van der Waals surface area contributed by atoms with Crippen LogP contribution >= 0.6 is 11.6 Å². The van der Waals surface area contributed by atoms with E-state index in [1.165, 1.54) is 7.11 Å². The van der Waals surface area contributed by atoms with E-state index >= 15 is 0 Å². The van der Waals surface area contributed by atoms with Crippen molar-refractivity contribution in [2.45, 2.75) is 6.42 Å². The second-order valence-corrected chi connectivity index (χ2v) is 5.41. The molecule has 0 N–H and O–H groups in total. The zero-order valence-corrected chi connectivity index (χ0v) is 13.9. The fraction of sp³-hybridized carbons (Fsp3) is 0.294. The van der Waals surface area contributed by atoms with Gasteiger partial charge >= 0.3 is 0 Å². The first-order valence-corrected chi connectivity index (χ1v) is 7.62. The average Bonchev–Trinajstić information content (AvgIpc) is 2.58. The number of carbonyl (C=O) groups is 1. The van der Waals surface area contributed by atoms with Crippen LogP contribution in [-0.4, -0.2) is 43.1 Å². The fourth-order valence-corrected chi connectivity index (χ4v) is 2.20. The van der Waals surface area contributed by atoms with Gasteiger partial charge < -0.3 is 14.4 Å². The number of hydrogen-bond acceptors (Lipinski definition) is 4. The summed E-state index contributed by atoms with van der Waals surface area (Å²) in [6, 6.07) is 10.5. The van der Waals surface area contributed by atoms with Crippen molar-refractivity contribution in [3.8, 4) is 11.6 Å². The summed E-state index contributed by atoms with van der Waals surface area (Å²) in [5.41, 5.74) is 0.551. The van der Waals surface area contributed by atoms with E-state index in [2.05, 4.69) is 4.98 Å². The zero-order chi connectivity index (χ0) is 16.7. The third-order valence-corrected chi connectivity index (χ3v) is 3.48. The van der Waals surface area contributed by atoms with Gasteiger partial charge in [0.05, 0.1) is 13.7 Å². The molecule has 6 heteroatoms. The molecule has 0 aliphatic heterocycles. The Bertz CT molecular complexity index is 664. The molecule has 122 valence electrons. The Kier molecular flexibility index (Phi) is 6.23. The van der Waals surface area contributed by atoms with E-state index in [4.69, 9.17) is 21.1 Å². The number of ether oxygens (including phenoxy) is 2. The molecule has 0 aliphatic carbocycles. The van der Waals surface area contributed by atoms with E-state index in [1.807, 2.05) is 12.1 Å². The normalized spacial score (nSPS) is 10.2. The number of carbonyl (C=O) groups excluding carboxylic acids is 1. The summed E-state index contributed by atoms with van der Waals surface area (Å²) < 4.78 is 10.6. The minimum Gasteiger partial charge on any atom is -0.493 e. The molecule has 0 aliphatic rings. The molecule has 2 aromatic rings. The average molecular weight is 335 g/mol. The first-order valence-electron chi connectivity index (χ1n) is 7.24. The summed E-state index contributed by atoms with van der Waals surface area (Å²) in [7, 11) is 3.28. The largest absolute Gasteiger partial charge is 0.493 e. The van der Waals surface area contributed by atoms with Crippen LogP contribution < -0.4 is 9.47 Å². The van der Waals surface area contributed by atoms with Crippen LogP contribution in [0, 0.1) is 0 Å². The number of amides is 1. The molecule has 0 saturated heterocycles. The molecule has 0 spiro atoms. The maximum atomic E-state index is 12.3. The monoisotopic (exact) mass is 334 g/mol. The van der Waals surface area contributed by atoms with Crippen LogP contribution in [0.2, 0.25) is 5.02 Å². The van der Waals surface area contributed by atoms with Gasteiger partial charge in [0.25, 0.3) is 5.91 Å². The lowest BCUT2D eigenvalue weighted by atomic mass is 10.2. The summed E-state index contributed by atoms with van der Waals surface area (Å²) in [6.45, 7) is 1.10. The quantitative estimate of drug-likeness (QED) is 0.729. The Labute approximate surface area is 140 Å². The van der Waals surface area contributed by atoms with Gasteiger partial charge in [-0.05, 0) is 30.7 Å². The summed E-state index contributed by atoms with van der Waals surface area (Å²) in [5, 5.41) is 0.640. The molecule has 0 fully saturated rings. The van der Waals surface area contributed by atoms with Crippen LogP contribution in [0.15, 0.2) is 42.6 Å². The van der Waals surface area contributed by atoms with Gasteiger partial charge in [0.15, 0.2) is 0 Å². The molecule has 0 radical (unpaired) electrons. The number of pyridine rings is 1. The highest BCUT2D eigenvalue weighted by atomic mass is 35.5. The summed E-state index contributed by atoms with van der Waals surface area (Å²) in [5.74, 6) is 1.08. The van der Waals surface area contributed by atoms with Gasteiger partial charge in [0, 0.05) is 36.4 Å². The van der Waals surface area contributed by atoms with Gasteiger partial charge in [-0.25, -0.2) is 4.98 Å². The van der Waals surface area contributed by atoms with Crippen molar-refractivity contribution in [1.29, 1.82) is 0 Å².